The maximum atomic E-state index is 12.4. The van der Waals surface area contributed by atoms with Crippen molar-refractivity contribution in [3.8, 4) is 0 Å². The van der Waals surface area contributed by atoms with Crippen LogP contribution in [0.1, 0.15) is 44.6 Å². The van der Waals surface area contributed by atoms with E-state index in [2.05, 4.69) is 39.7 Å². The Morgan fingerprint density at radius 3 is 2.71 bits per heavy atom. The molecule has 0 aliphatic carbocycles. The predicted octanol–water partition coefficient (Wildman–Crippen LogP) is 3.31. The van der Waals surface area contributed by atoms with Gasteiger partial charge in [-0.15, -0.1) is 10.2 Å². The first-order valence-electron chi connectivity index (χ1n) is 8.92. The van der Waals surface area contributed by atoms with Gasteiger partial charge in [0, 0.05) is 36.6 Å². The van der Waals surface area contributed by atoms with E-state index in [0.717, 1.165) is 17.0 Å². The molecular formula is C20H21N5O2S. The van der Waals surface area contributed by atoms with Gasteiger partial charge in [-0.2, -0.15) is 0 Å². The number of amides is 2. The number of nitrogens with zero attached hydrogens (tertiary/aromatic N) is 3. The second-order valence-corrected chi connectivity index (χ2v) is 7.74. The zero-order chi connectivity index (χ0) is 19.9. The van der Waals surface area contributed by atoms with Gasteiger partial charge in [0.05, 0.1) is 0 Å². The van der Waals surface area contributed by atoms with E-state index >= 15 is 0 Å². The number of hydrogen-bond donors (Lipinski definition) is 2. The molecule has 0 fully saturated rings. The van der Waals surface area contributed by atoms with Gasteiger partial charge in [-0.3, -0.25) is 14.6 Å². The van der Waals surface area contributed by atoms with Gasteiger partial charge in [-0.1, -0.05) is 37.3 Å². The zero-order valence-electron chi connectivity index (χ0n) is 15.7. The molecule has 0 radical (unpaired) electrons. The second kappa shape index (κ2) is 9.18. The summed E-state index contributed by atoms with van der Waals surface area (Å²) in [6, 6.07) is 10.5. The van der Waals surface area contributed by atoms with E-state index in [4.69, 9.17) is 0 Å². The molecule has 0 aliphatic rings. The van der Waals surface area contributed by atoms with Gasteiger partial charge in [0.2, 0.25) is 5.01 Å². The molecule has 3 rings (SSSR count). The van der Waals surface area contributed by atoms with Crippen molar-refractivity contribution in [1.29, 1.82) is 0 Å². The molecule has 8 heteroatoms. The molecule has 0 spiro atoms. The molecule has 0 atom stereocenters. The Bertz CT molecular complexity index is 956. The lowest BCUT2D eigenvalue weighted by Gasteiger charge is -2.07. The van der Waals surface area contributed by atoms with Crippen LogP contribution in [-0.4, -0.2) is 27.0 Å². The lowest BCUT2D eigenvalue weighted by atomic mass is 10.1. The molecule has 1 aromatic carbocycles. The standard InChI is InChI=1S/C20H21N5O2S/c1-13(2)9-17-24-25-20(28-17)19(27)23-16-7-3-6-15(10-16)18(26)22-12-14-5-4-8-21-11-14/h3-8,10-11,13H,9,12H2,1-2H3,(H,22,26)(H,23,27). The van der Waals surface area contributed by atoms with E-state index < -0.39 is 0 Å². The number of carbonyl (C=O) groups excluding carboxylic acids is 2. The highest BCUT2D eigenvalue weighted by Gasteiger charge is 2.14. The number of nitrogens with one attached hydrogen (secondary N) is 2. The number of anilines is 1. The molecule has 0 saturated heterocycles. The van der Waals surface area contributed by atoms with Crippen molar-refractivity contribution >= 4 is 28.8 Å². The van der Waals surface area contributed by atoms with Crippen LogP contribution in [0.3, 0.4) is 0 Å². The van der Waals surface area contributed by atoms with Gasteiger partial charge in [-0.25, -0.2) is 0 Å². The fraction of sp³-hybridized carbons (Fsp3) is 0.250. The van der Waals surface area contributed by atoms with Gasteiger partial charge in [0.15, 0.2) is 0 Å². The molecule has 2 amide bonds. The van der Waals surface area contributed by atoms with Crippen molar-refractivity contribution in [2.24, 2.45) is 5.92 Å². The van der Waals surface area contributed by atoms with Crippen molar-refractivity contribution in [1.82, 2.24) is 20.5 Å². The molecule has 0 unspecified atom stereocenters. The fourth-order valence-electron chi connectivity index (χ4n) is 2.49. The first-order valence-corrected chi connectivity index (χ1v) is 9.74. The summed E-state index contributed by atoms with van der Waals surface area (Å²) in [4.78, 5) is 28.8. The quantitative estimate of drug-likeness (QED) is 0.640. The first kappa shape index (κ1) is 19.6. The number of carbonyl (C=O) groups is 2. The smallest absolute Gasteiger partial charge is 0.286 e. The first-order chi connectivity index (χ1) is 13.5. The highest BCUT2D eigenvalue weighted by Crippen LogP contribution is 2.17. The minimum Gasteiger partial charge on any atom is -0.348 e. The lowest BCUT2D eigenvalue weighted by Crippen LogP contribution is -2.23. The fourth-order valence-corrected chi connectivity index (χ4v) is 3.43. The van der Waals surface area contributed by atoms with Gasteiger partial charge in [0.1, 0.15) is 5.01 Å². The maximum Gasteiger partial charge on any atom is 0.286 e. The van der Waals surface area contributed by atoms with Crippen LogP contribution >= 0.6 is 11.3 Å². The summed E-state index contributed by atoms with van der Waals surface area (Å²) >= 11 is 1.29. The van der Waals surface area contributed by atoms with E-state index in [1.165, 1.54) is 11.3 Å². The molecule has 0 aliphatic heterocycles. The summed E-state index contributed by atoms with van der Waals surface area (Å²) < 4.78 is 0. The Kier molecular flexibility index (Phi) is 6.44. The molecular weight excluding hydrogens is 374 g/mol. The highest BCUT2D eigenvalue weighted by molar-refractivity contribution is 7.13. The maximum absolute atomic E-state index is 12.4. The molecule has 7 nitrogen and oxygen atoms in total. The molecule has 28 heavy (non-hydrogen) atoms. The van der Waals surface area contributed by atoms with Crippen LogP contribution in [0, 0.1) is 5.92 Å². The Morgan fingerprint density at radius 2 is 1.96 bits per heavy atom. The predicted molar refractivity (Wildman–Crippen MR) is 108 cm³/mol. The van der Waals surface area contributed by atoms with Crippen molar-refractivity contribution in [3.63, 3.8) is 0 Å². The Morgan fingerprint density at radius 1 is 1.11 bits per heavy atom. The van der Waals surface area contributed by atoms with Crippen molar-refractivity contribution < 1.29 is 9.59 Å². The molecule has 0 saturated carbocycles. The van der Waals surface area contributed by atoms with Gasteiger partial charge < -0.3 is 10.6 Å². The van der Waals surface area contributed by atoms with E-state index in [-0.39, 0.29) is 11.8 Å². The molecule has 2 N–H and O–H groups in total. The Balaban J connectivity index is 1.61. The SMILES string of the molecule is CC(C)Cc1nnc(C(=O)Nc2cccc(C(=O)NCc3cccnc3)c2)s1. The van der Waals surface area contributed by atoms with E-state index in [1.807, 2.05) is 12.1 Å². The summed E-state index contributed by atoms with van der Waals surface area (Å²) in [5.41, 5.74) is 1.90. The Labute approximate surface area is 167 Å². The van der Waals surface area contributed by atoms with E-state index in [1.54, 1.807) is 36.7 Å². The van der Waals surface area contributed by atoms with Gasteiger partial charge in [0.25, 0.3) is 11.8 Å². The average Bonchev–Trinajstić information content (AvgIpc) is 3.15. The van der Waals surface area contributed by atoms with Gasteiger partial charge >= 0.3 is 0 Å². The molecule has 144 valence electrons. The topological polar surface area (TPSA) is 96.9 Å². The third-order valence-corrected chi connectivity index (χ3v) is 4.75. The molecule has 3 aromatic rings. The number of benzene rings is 1. The van der Waals surface area contributed by atoms with E-state index in [9.17, 15) is 9.59 Å². The molecule has 2 heterocycles. The average molecular weight is 395 g/mol. The van der Waals surface area contributed by atoms with Crippen LogP contribution < -0.4 is 10.6 Å². The highest BCUT2D eigenvalue weighted by atomic mass is 32.1. The third-order valence-electron chi connectivity index (χ3n) is 3.80. The lowest BCUT2D eigenvalue weighted by molar-refractivity contribution is 0.0949. The minimum absolute atomic E-state index is 0.227. The van der Waals surface area contributed by atoms with Crippen LogP contribution in [0.5, 0.6) is 0 Å². The summed E-state index contributed by atoms with van der Waals surface area (Å²) in [5, 5.41) is 14.8. The Hall–Kier alpha value is -3.13. The minimum atomic E-state index is -0.333. The zero-order valence-corrected chi connectivity index (χ0v) is 16.5. The van der Waals surface area contributed by atoms with Crippen molar-refractivity contribution in [3.05, 3.63) is 69.9 Å². The largest absolute Gasteiger partial charge is 0.348 e. The monoisotopic (exact) mass is 395 g/mol. The number of hydrogen-bond acceptors (Lipinski definition) is 6. The summed E-state index contributed by atoms with van der Waals surface area (Å²) in [7, 11) is 0. The van der Waals surface area contributed by atoms with Crippen molar-refractivity contribution in [2.45, 2.75) is 26.8 Å². The van der Waals surface area contributed by atoms with E-state index in [0.29, 0.717) is 28.7 Å². The summed E-state index contributed by atoms with van der Waals surface area (Å²) in [6.07, 6.45) is 4.17. The van der Waals surface area contributed by atoms with Crippen LogP contribution in [0.4, 0.5) is 5.69 Å². The van der Waals surface area contributed by atoms with Crippen LogP contribution in [-0.2, 0) is 13.0 Å². The van der Waals surface area contributed by atoms with Crippen LogP contribution in [0.2, 0.25) is 0 Å². The number of rotatable bonds is 7. The number of aromatic nitrogens is 3. The summed E-state index contributed by atoms with van der Waals surface area (Å²) in [6.45, 7) is 4.56. The number of pyridine rings is 1. The third kappa shape index (κ3) is 5.43. The normalized spacial score (nSPS) is 10.7. The molecule has 0 bridgehead atoms. The van der Waals surface area contributed by atoms with Crippen LogP contribution in [0.25, 0.3) is 0 Å². The van der Waals surface area contributed by atoms with Crippen molar-refractivity contribution in [2.75, 3.05) is 5.32 Å². The van der Waals surface area contributed by atoms with Gasteiger partial charge in [-0.05, 0) is 35.7 Å². The summed E-state index contributed by atoms with van der Waals surface area (Å²) in [5.74, 6) is -0.110. The second-order valence-electron chi connectivity index (χ2n) is 6.68. The molecule has 2 aromatic heterocycles. The van der Waals surface area contributed by atoms with Crippen LogP contribution in [0.15, 0.2) is 48.8 Å².